The number of anilines is 1. The summed E-state index contributed by atoms with van der Waals surface area (Å²) in [6.45, 7) is 3.60. The van der Waals surface area contributed by atoms with Crippen LogP contribution in [-0.4, -0.2) is 34.8 Å². The number of carbonyl (C=O) groups is 3. The molecule has 6 heteroatoms. The van der Waals surface area contributed by atoms with Crippen molar-refractivity contribution < 1.29 is 14.4 Å². The van der Waals surface area contributed by atoms with Gasteiger partial charge in [-0.15, -0.1) is 0 Å². The number of nitrogens with one attached hydrogen (secondary N) is 2. The lowest BCUT2D eigenvalue weighted by Crippen LogP contribution is -2.46. The van der Waals surface area contributed by atoms with Crippen LogP contribution in [0.5, 0.6) is 0 Å². The smallest absolute Gasteiger partial charge is 0.325 e. The van der Waals surface area contributed by atoms with Crippen LogP contribution in [0.1, 0.15) is 38.7 Å². The van der Waals surface area contributed by atoms with Crippen molar-refractivity contribution in [3.63, 3.8) is 0 Å². The van der Waals surface area contributed by atoms with Gasteiger partial charge in [-0.1, -0.05) is 25.5 Å². The predicted molar refractivity (Wildman–Crippen MR) is 90.4 cm³/mol. The number of aryl methyl sites for hydroxylation is 1. The van der Waals surface area contributed by atoms with Crippen LogP contribution < -0.4 is 10.6 Å². The second-order valence-corrected chi connectivity index (χ2v) is 6.79. The summed E-state index contributed by atoms with van der Waals surface area (Å²) in [6.07, 6.45) is 3.94. The van der Waals surface area contributed by atoms with Crippen LogP contribution in [0.15, 0.2) is 24.3 Å². The maximum Gasteiger partial charge on any atom is 0.325 e. The van der Waals surface area contributed by atoms with E-state index in [1.165, 1.54) is 5.56 Å². The van der Waals surface area contributed by atoms with Gasteiger partial charge in [-0.2, -0.15) is 0 Å². The van der Waals surface area contributed by atoms with E-state index in [4.69, 9.17) is 0 Å². The van der Waals surface area contributed by atoms with E-state index < -0.39 is 11.6 Å². The van der Waals surface area contributed by atoms with Crippen molar-refractivity contribution in [2.45, 2.75) is 45.1 Å². The Kier molecular flexibility index (Phi) is 4.30. The van der Waals surface area contributed by atoms with Gasteiger partial charge in [0, 0.05) is 5.69 Å². The highest BCUT2D eigenvalue weighted by atomic mass is 16.2. The van der Waals surface area contributed by atoms with E-state index in [1.54, 1.807) is 6.92 Å². The molecule has 0 aromatic heterocycles. The molecular formula is C18H23N3O3. The minimum absolute atomic E-state index is 0.188. The molecule has 0 radical (unpaired) electrons. The first-order valence-corrected chi connectivity index (χ1v) is 8.47. The molecule has 128 valence electrons. The molecule has 6 nitrogen and oxygen atoms in total. The summed E-state index contributed by atoms with van der Waals surface area (Å²) in [7, 11) is 0. The van der Waals surface area contributed by atoms with E-state index in [0.29, 0.717) is 5.69 Å². The molecule has 2 aliphatic rings. The highest BCUT2D eigenvalue weighted by molar-refractivity contribution is 6.10. The van der Waals surface area contributed by atoms with Gasteiger partial charge in [0.1, 0.15) is 12.1 Å². The SMILES string of the molecule is CCCc1ccc(NC(=O)CN2C(=O)NC(C)(C3CC3)C2=O)cc1. The Bertz CT molecular complexity index is 667. The first kappa shape index (κ1) is 16.5. The quantitative estimate of drug-likeness (QED) is 0.786. The molecule has 4 amide bonds. The second-order valence-electron chi connectivity index (χ2n) is 6.79. The Hall–Kier alpha value is -2.37. The average molecular weight is 329 g/mol. The van der Waals surface area contributed by atoms with Crippen molar-refractivity contribution in [1.82, 2.24) is 10.2 Å². The van der Waals surface area contributed by atoms with Crippen molar-refractivity contribution in [2.24, 2.45) is 5.92 Å². The van der Waals surface area contributed by atoms with Gasteiger partial charge >= 0.3 is 6.03 Å². The molecule has 1 aliphatic carbocycles. The monoisotopic (exact) mass is 329 g/mol. The summed E-state index contributed by atoms with van der Waals surface area (Å²) >= 11 is 0. The maximum absolute atomic E-state index is 12.5. The number of benzene rings is 1. The molecule has 3 rings (SSSR count). The summed E-state index contributed by atoms with van der Waals surface area (Å²) in [6, 6.07) is 7.13. The highest BCUT2D eigenvalue weighted by Gasteiger charge is 2.56. The molecule has 1 heterocycles. The van der Waals surface area contributed by atoms with Crippen LogP contribution in [0.3, 0.4) is 0 Å². The van der Waals surface area contributed by atoms with E-state index in [2.05, 4.69) is 17.6 Å². The van der Waals surface area contributed by atoms with E-state index in [-0.39, 0.29) is 24.3 Å². The summed E-state index contributed by atoms with van der Waals surface area (Å²) in [5, 5.41) is 5.48. The molecule has 1 aliphatic heterocycles. The fraction of sp³-hybridized carbons (Fsp3) is 0.500. The molecule has 1 aromatic carbocycles. The third-order valence-electron chi connectivity index (χ3n) is 4.77. The molecule has 0 spiro atoms. The Balaban J connectivity index is 1.60. The van der Waals surface area contributed by atoms with Gasteiger partial charge in [-0.05, 0) is 49.8 Å². The van der Waals surface area contributed by atoms with E-state index >= 15 is 0 Å². The number of nitrogens with zero attached hydrogens (tertiary/aromatic N) is 1. The first-order valence-electron chi connectivity index (χ1n) is 8.47. The van der Waals surface area contributed by atoms with Crippen LogP contribution in [0.25, 0.3) is 0 Å². The molecule has 1 saturated heterocycles. The number of hydrogen-bond donors (Lipinski definition) is 2. The van der Waals surface area contributed by atoms with Crippen LogP contribution in [0.2, 0.25) is 0 Å². The molecule has 1 aromatic rings. The van der Waals surface area contributed by atoms with Crippen molar-refractivity contribution in [3.05, 3.63) is 29.8 Å². The number of carbonyl (C=O) groups excluding carboxylic acids is 3. The van der Waals surface area contributed by atoms with Gasteiger partial charge in [0.05, 0.1) is 0 Å². The number of imide groups is 1. The normalized spacial score (nSPS) is 23.3. The zero-order chi connectivity index (χ0) is 17.3. The molecule has 1 unspecified atom stereocenters. The predicted octanol–water partition coefficient (Wildman–Crippen LogP) is 2.30. The molecule has 2 N–H and O–H groups in total. The topological polar surface area (TPSA) is 78.5 Å². The minimum atomic E-state index is -0.848. The van der Waals surface area contributed by atoms with E-state index in [1.807, 2.05) is 24.3 Å². The molecule has 1 saturated carbocycles. The fourth-order valence-corrected chi connectivity index (χ4v) is 3.18. The average Bonchev–Trinajstić information content (AvgIpc) is 3.36. The van der Waals surface area contributed by atoms with Gasteiger partial charge in [-0.25, -0.2) is 4.79 Å². The van der Waals surface area contributed by atoms with Crippen molar-refractivity contribution in [1.29, 1.82) is 0 Å². The molecule has 24 heavy (non-hydrogen) atoms. The van der Waals surface area contributed by atoms with Gasteiger partial charge in [-0.3, -0.25) is 14.5 Å². The Morgan fingerprint density at radius 3 is 2.54 bits per heavy atom. The minimum Gasteiger partial charge on any atom is -0.325 e. The lowest BCUT2D eigenvalue weighted by Gasteiger charge is -2.20. The van der Waals surface area contributed by atoms with Crippen molar-refractivity contribution in [2.75, 3.05) is 11.9 Å². The summed E-state index contributed by atoms with van der Waals surface area (Å²) in [5.74, 6) is -0.488. The van der Waals surface area contributed by atoms with Crippen LogP contribution in [0, 0.1) is 5.92 Å². The zero-order valence-electron chi connectivity index (χ0n) is 14.1. The number of rotatable bonds is 6. The highest BCUT2D eigenvalue weighted by Crippen LogP contribution is 2.42. The molecule has 2 fully saturated rings. The first-order chi connectivity index (χ1) is 11.4. The zero-order valence-corrected chi connectivity index (χ0v) is 14.1. The van der Waals surface area contributed by atoms with Gasteiger partial charge in [0.25, 0.3) is 5.91 Å². The largest absolute Gasteiger partial charge is 0.325 e. The third-order valence-corrected chi connectivity index (χ3v) is 4.77. The lowest BCUT2D eigenvalue weighted by molar-refractivity contribution is -0.134. The Morgan fingerprint density at radius 1 is 1.29 bits per heavy atom. The standard InChI is InChI=1S/C18H23N3O3/c1-3-4-12-5-9-14(10-6-12)19-15(22)11-21-16(23)18(2,13-7-8-13)20-17(21)24/h5-6,9-10,13H,3-4,7-8,11H2,1-2H3,(H,19,22)(H,20,24). The van der Waals surface area contributed by atoms with E-state index in [9.17, 15) is 14.4 Å². The van der Waals surface area contributed by atoms with Gasteiger partial charge < -0.3 is 10.6 Å². The van der Waals surface area contributed by atoms with Crippen molar-refractivity contribution in [3.8, 4) is 0 Å². The van der Waals surface area contributed by atoms with Crippen molar-refractivity contribution >= 4 is 23.5 Å². The lowest BCUT2D eigenvalue weighted by atomic mass is 9.96. The molecular weight excluding hydrogens is 306 g/mol. The molecule has 0 bridgehead atoms. The van der Waals surface area contributed by atoms with Gasteiger partial charge in [0.2, 0.25) is 5.91 Å². The second kappa shape index (κ2) is 6.26. The number of amides is 4. The molecule has 1 atom stereocenters. The van der Waals surface area contributed by atoms with Crippen LogP contribution >= 0.6 is 0 Å². The Labute approximate surface area is 141 Å². The Morgan fingerprint density at radius 2 is 1.96 bits per heavy atom. The van der Waals surface area contributed by atoms with Crippen LogP contribution in [-0.2, 0) is 16.0 Å². The summed E-state index contributed by atoms with van der Waals surface area (Å²) in [4.78, 5) is 37.7. The van der Waals surface area contributed by atoms with E-state index in [0.717, 1.165) is 30.6 Å². The summed E-state index contributed by atoms with van der Waals surface area (Å²) < 4.78 is 0. The third kappa shape index (κ3) is 3.13. The van der Waals surface area contributed by atoms with Gasteiger partial charge in [0.15, 0.2) is 0 Å². The fourth-order valence-electron chi connectivity index (χ4n) is 3.18. The number of urea groups is 1. The number of hydrogen-bond acceptors (Lipinski definition) is 3. The maximum atomic E-state index is 12.5. The summed E-state index contributed by atoms with van der Waals surface area (Å²) in [5.41, 5.74) is 1.03. The van der Waals surface area contributed by atoms with Crippen LogP contribution in [0.4, 0.5) is 10.5 Å².